The minimum atomic E-state index is 0.310. The van der Waals surface area contributed by atoms with Crippen LogP contribution in [0.3, 0.4) is 0 Å². The molecule has 1 heterocycles. The molecule has 1 aliphatic heterocycles. The molecule has 0 radical (unpaired) electrons. The maximum atomic E-state index is 5.77. The molecule has 1 saturated heterocycles. The second-order valence-electron chi connectivity index (χ2n) is 4.79. The summed E-state index contributed by atoms with van der Waals surface area (Å²) in [6, 6.07) is 0.644. The molecule has 0 bridgehead atoms. The van der Waals surface area contributed by atoms with Crippen LogP contribution in [0, 0.1) is 0 Å². The molecule has 15 heavy (non-hydrogen) atoms. The lowest BCUT2D eigenvalue weighted by Gasteiger charge is -2.20. The first-order chi connectivity index (χ1) is 7.09. The molecule has 0 spiro atoms. The van der Waals surface area contributed by atoms with E-state index in [4.69, 9.17) is 9.47 Å². The molecular formula is C12H25NO2. The zero-order chi connectivity index (χ0) is 11.3. The third-order valence-corrected chi connectivity index (χ3v) is 2.79. The summed E-state index contributed by atoms with van der Waals surface area (Å²) in [5.41, 5.74) is 0. The summed E-state index contributed by atoms with van der Waals surface area (Å²) in [5, 5.41) is 0. The second-order valence-corrected chi connectivity index (χ2v) is 4.79. The number of ether oxygens (including phenoxy) is 2. The summed E-state index contributed by atoms with van der Waals surface area (Å²) < 4.78 is 11.2. The van der Waals surface area contributed by atoms with Crippen LogP contribution in [-0.4, -0.2) is 49.5 Å². The van der Waals surface area contributed by atoms with Gasteiger partial charge < -0.3 is 9.47 Å². The topological polar surface area (TPSA) is 21.7 Å². The van der Waals surface area contributed by atoms with E-state index in [0.29, 0.717) is 18.2 Å². The third-order valence-electron chi connectivity index (χ3n) is 2.79. The van der Waals surface area contributed by atoms with E-state index in [9.17, 15) is 0 Å². The van der Waals surface area contributed by atoms with Crippen LogP contribution >= 0.6 is 0 Å². The van der Waals surface area contributed by atoms with Crippen LogP contribution in [0.4, 0.5) is 0 Å². The molecule has 0 aromatic rings. The SMILES string of the molecule is CC(C)OCCOC1CCN(C(C)C)C1. The molecule has 1 aliphatic rings. The minimum Gasteiger partial charge on any atom is -0.376 e. The Balaban J connectivity index is 2.04. The van der Waals surface area contributed by atoms with Gasteiger partial charge in [-0.25, -0.2) is 0 Å². The van der Waals surface area contributed by atoms with E-state index in [1.54, 1.807) is 0 Å². The van der Waals surface area contributed by atoms with Gasteiger partial charge in [-0.05, 0) is 34.1 Å². The third kappa shape index (κ3) is 4.96. The molecule has 1 atom stereocenters. The zero-order valence-corrected chi connectivity index (χ0v) is 10.5. The molecule has 90 valence electrons. The number of rotatable bonds is 6. The Bertz CT molecular complexity index is 171. The summed E-state index contributed by atoms with van der Waals surface area (Å²) in [5.74, 6) is 0. The zero-order valence-electron chi connectivity index (χ0n) is 10.5. The minimum absolute atomic E-state index is 0.310. The molecule has 0 aromatic heterocycles. The van der Waals surface area contributed by atoms with E-state index in [2.05, 4.69) is 32.6 Å². The van der Waals surface area contributed by atoms with Crippen molar-refractivity contribution in [1.82, 2.24) is 4.90 Å². The smallest absolute Gasteiger partial charge is 0.0715 e. The van der Waals surface area contributed by atoms with Gasteiger partial charge in [0.05, 0.1) is 25.4 Å². The molecule has 0 saturated carbocycles. The lowest BCUT2D eigenvalue weighted by Crippen LogP contribution is -2.30. The van der Waals surface area contributed by atoms with Crippen LogP contribution in [0.1, 0.15) is 34.1 Å². The maximum absolute atomic E-state index is 5.77. The predicted molar refractivity (Wildman–Crippen MR) is 62.2 cm³/mol. The molecule has 3 nitrogen and oxygen atoms in total. The molecule has 0 N–H and O–H groups in total. The van der Waals surface area contributed by atoms with Crippen LogP contribution < -0.4 is 0 Å². The summed E-state index contributed by atoms with van der Waals surface area (Å²) in [4.78, 5) is 2.47. The van der Waals surface area contributed by atoms with Gasteiger partial charge in [-0.15, -0.1) is 0 Å². The molecule has 3 heteroatoms. The van der Waals surface area contributed by atoms with Crippen molar-refractivity contribution in [2.24, 2.45) is 0 Å². The highest BCUT2D eigenvalue weighted by molar-refractivity contribution is 4.78. The number of hydrogen-bond donors (Lipinski definition) is 0. The highest BCUT2D eigenvalue weighted by atomic mass is 16.5. The van der Waals surface area contributed by atoms with Gasteiger partial charge in [-0.2, -0.15) is 0 Å². The van der Waals surface area contributed by atoms with Crippen LogP contribution in [0.5, 0.6) is 0 Å². The largest absolute Gasteiger partial charge is 0.376 e. The summed E-state index contributed by atoms with van der Waals surface area (Å²) in [6.07, 6.45) is 1.90. The average molecular weight is 215 g/mol. The molecule has 1 unspecified atom stereocenters. The summed E-state index contributed by atoms with van der Waals surface area (Å²) in [6.45, 7) is 12.3. The van der Waals surface area contributed by atoms with Crippen LogP contribution in [-0.2, 0) is 9.47 Å². The van der Waals surface area contributed by atoms with Gasteiger partial charge in [0.15, 0.2) is 0 Å². The average Bonchev–Trinajstić information content (AvgIpc) is 2.60. The van der Waals surface area contributed by atoms with E-state index in [0.717, 1.165) is 19.8 Å². The fraction of sp³-hybridized carbons (Fsp3) is 1.00. The molecule has 0 amide bonds. The summed E-state index contributed by atoms with van der Waals surface area (Å²) >= 11 is 0. The van der Waals surface area contributed by atoms with Gasteiger partial charge in [0.2, 0.25) is 0 Å². The van der Waals surface area contributed by atoms with E-state index in [1.165, 1.54) is 13.0 Å². The van der Waals surface area contributed by atoms with E-state index in [1.807, 2.05) is 0 Å². The van der Waals surface area contributed by atoms with E-state index < -0.39 is 0 Å². The monoisotopic (exact) mass is 215 g/mol. The fourth-order valence-electron chi connectivity index (χ4n) is 1.86. The number of nitrogens with zero attached hydrogens (tertiary/aromatic N) is 1. The Morgan fingerprint density at radius 1 is 1.20 bits per heavy atom. The van der Waals surface area contributed by atoms with Gasteiger partial charge in [0.25, 0.3) is 0 Å². The molecule has 1 rings (SSSR count). The Morgan fingerprint density at radius 2 is 1.93 bits per heavy atom. The van der Waals surface area contributed by atoms with Crippen molar-refractivity contribution in [2.75, 3.05) is 26.3 Å². The van der Waals surface area contributed by atoms with Gasteiger partial charge in [-0.1, -0.05) is 0 Å². The van der Waals surface area contributed by atoms with Crippen LogP contribution in [0.2, 0.25) is 0 Å². The molecule has 1 fully saturated rings. The van der Waals surface area contributed by atoms with Crippen molar-refractivity contribution in [3.05, 3.63) is 0 Å². The predicted octanol–water partition coefficient (Wildman–Crippen LogP) is 1.91. The molecule has 0 aromatic carbocycles. The van der Waals surface area contributed by atoms with E-state index >= 15 is 0 Å². The van der Waals surface area contributed by atoms with Crippen molar-refractivity contribution >= 4 is 0 Å². The normalized spacial score (nSPS) is 23.2. The van der Waals surface area contributed by atoms with Crippen LogP contribution in [0.15, 0.2) is 0 Å². The van der Waals surface area contributed by atoms with E-state index in [-0.39, 0.29) is 0 Å². The van der Waals surface area contributed by atoms with Crippen molar-refractivity contribution in [2.45, 2.75) is 52.4 Å². The first kappa shape index (κ1) is 12.9. The highest BCUT2D eigenvalue weighted by Crippen LogP contribution is 2.14. The Labute approximate surface area is 93.7 Å². The number of likely N-dealkylation sites (tertiary alicyclic amines) is 1. The fourth-order valence-corrected chi connectivity index (χ4v) is 1.86. The van der Waals surface area contributed by atoms with Crippen LogP contribution in [0.25, 0.3) is 0 Å². The lowest BCUT2D eigenvalue weighted by molar-refractivity contribution is -0.00966. The maximum Gasteiger partial charge on any atom is 0.0715 e. The van der Waals surface area contributed by atoms with Gasteiger partial charge in [0, 0.05) is 19.1 Å². The van der Waals surface area contributed by atoms with Crippen molar-refractivity contribution in [3.63, 3.8) is 0 Å². The summed E-state index contributed by atoms with van der Waals surface area (Å²) in [7, 11) is 0. The van der Waals surface area contributed by atoms with Gasteiger partial charge >= 0.3 is 0 Å². The van der Waals surface area contributed by atoms with Gasteiger partial charge in [-0.3, -0.25) is 4.90 Å². The standard InChI is InChI=1S/C12H25NO2/c1-10(2)13-6-5-12(9-13)15-8-7-14-11(3)4/h10-12H,5-9H2,1-4H3. The second kappa shape index (κ2) is 6.46. The van der Waals surface area contributed by atoms with Gasteiger partial charge in [0.1, 0.15) is 0 Å². The Kier molecular flexibility index (Phi) is 5.58. The molecule has 0 aliphatic carbocycles. The van der Waals surface area contributed by atoms with Crippen molar-refractivity contribution < 1.29 is 9.47 Å². The highest BCUT2D eigenvalue weighted by Gasteiger charge is 2.24. The number of hydrogen-bond acceptors (Lipinski definition) is 3. The van der Waals surface area contributed by atoms with Crippen molar-refractivity contribution in [1.29, 1.82) is 0 Å². The Hall–Kier alpha value is -0.120. The van der Waals surface area contributed by atoms with Crippen molar-refractivity contribution in [3.8, 4) is 0 Å². The molecular weight excluding hydrogens is 190 g/mol. The lowest BCUT2D eigenvalue weighted by atomic mass is 10.3. The quantitative estimate of drug-likeness (QED) is 0.632. The Morgan fingerprint density at radius 3 is 2.47 bits per heavy atom. The first-order valence-electron chi connectivity index (χ1n) is 6.07. The first-order valence-corrected chi connectivity index (χ1v) is 6.07.